The predicted molar refractivity (Wildman–Crippen MR) is 69.3 cm³/mol. The lowest BCUT2D eigenvalue weighted by atomic mass is 10.2. The molecule has 110 valence electrons. The van der Waals surface area contributed by atoms with Gasteiger partial charge in [0.15, 0.2) is 0 Å². The molecular weight excluding hydrogens is 292 g/mol. The lowest BCUT2D eigenvalue weighted by Gasteiger charge is -2.10. The standard InChI is InChI=1S/C10H12N2O7S/c1-19-9-6-7(12(15)16)2-3-8(9)11-20(17,18)5-4-10(13)14/h2-3,6,11H,4-5H2,1H3,(H,13,14). The number of benzene rings is 1. The first-order valence-electron chi connectivity index (χ1n) is 5.30. The van der Waals surface area contributed by atoms with E-state index in [1.807, 2.05) is 0 Å². The van der Waals surface area contributed by atoms with Crippen LogP contribution in [0, 0.1) is 10.1 Å². The Kier molecular flexibility index (Phi) is 4.86. The quantitative estimate of drug-likeness (QED) is 0.562. The normalized spacial score (nSPS) is 10.8. The summed E-state index contributed by atoms with van der Waals surface area (Å²) in [6.45, 7) is 0. The maximum Gasteiger partial charge on any atom is 0.304 e. The Hall–Kier alpha value is -2.36. The lowest BCUT2D eigenvalue weighted by Crippen LogP contribution is -2.19. The van der Waals surface area contributed by atoms with Crippen molar-refractivity contribution in [1.29, 1.82) is 0 Å². The Balaban J connectivity index is 2.97. The molecule has 1 aromatic carbocycles. The minimum absolute atomic E-state index is 0.00323. The topological polar surface area (TPSA) is 136 Å². The van der Waals surface area contributed by atoms with E-state index in [0.717, 1.165) is 12.1 Å². The van der Waals surface area contributed by atoms with E-state index in [9.17, 15) is 23.3 Å². The van der Waals surface area contributed by atoms with Crippen LogP contribution in [0.1, 0.15) is 6.42 Å². The van der Waals surface area contributed by atoms with Gasteiger partial charge in [-0.15, -0.1) is 0 Å². The van der Waals surface area contributed by atoms with Crippen molar-refractivity contribution in [2.45, 2.75) is 6.42 Å². The molecule has 2 N–H and O–H groups in total. The molecule has 20 heavy (non-hydrogen) atoms. The molecule has 0 aliphatic carbocycles. The number of carbonyl (C=O) groups is 1. The first-order chi connectivity index (χ1) is 9.25. The van der Waals surface area contributed by atoms with Gasteiger partial charge in [0.2, 0.25) is 10.0 Å². The van der Waals surface area contributed by atoms with Crippen molar-refractivity contribution >= 4 is 27.4 Å². The maximum atomic E-state index is 11.6. The van der Waals surface area contributed by atoms with E-state index in [1.165, 1.54) is 13.2 Å². The highest BCUT2D eigenvalue weighted by Gasteiger charge is 2.17. The minimum Gasteiger partial charge on any atom is -0.494 e. The van der Waals surface area contributed by atoms with Gasteiger partial charge in [-0.3, -0.25) is 19.6 Å². The first kappa shape index (κ1) is 15.7. The van der Waals surface area contributed by atoms with Crippen molar-refractivity contribution in [3.05, 3.63) is 28.3 Å². The Morgan fingerprint density at radius 1 is 1.50 bits per heavy atom. The van der Waals surface area contributed by atoms with Gasteiger partial charge >= 0.3 is 5.97 Å². The molecule has 0 unspecified atom stereocenters. The molecule has 0 amide bonds. The second-order valence-electron chi connectivity index (χ2n) is 3.71. The summed E-state index contributed by atoms with van der Waals surface area (Å²) in [5.74, 6) is -1.88. The van der Waals surface area contributed by atoms with E-state index in [4.69, 9.17) is 9.84 Å². The van der Waals surface area contributed by atoms with Crippen LogP contribution in [-0.4, -0.2) is 37.3 Å². The van der Waals surface area contributed by atoms with E-state index >= 15 is 0 Å². The molecule has 0 radical (unpaired) electrons. The van der Waals surface area contributed by atoms with Crippen LogP contribution in [0.3, 0.4) is 0 Å². The maximum absolute atomic E-state index is 11.6. The van der Waals surface area contributed by atoms with Crippen LogP contribution in [0.2, 0.25) is 0 Å². The van der Waals surface area contributed by atoms with Crippen LogP contribution >= 0.6 is 0 Å². The molecule has 1 rings (SSSR count). The van der Waals surface area contributed by atoms with Gasteiger partial charge in [0, 0.05) is 6.07 Å². The SMILES string of the molecule is COc1cc([N+](=O)[O-])ccc1NS(=O)(=O)CCC(=O)O. The van der Waals surface area contributed by atoms with Gasteiger partial charge in [0.1, 0.15) is 5.75 Å². The molecule has 0 saturated carbocycles. The summed E-state index contributed by atoms with van der Waals surface area (Å²) in [7, 11) is -2.65. The molecule has 10 heteroatoms. The summed E-state index contributed by atoms with van der Waals surface area (Å²) in [5.41, 5.74) is -0.251. The molecule has 0 bridgehead atoms. The molecule has 0 heterocycles. The molecule has 0 saturated heterocycles. The van der Waals surface area contributed by atoms with Crippen molar-refractivity contribution in [1.82, 2.24) is 0 Å². The van der Waals surface area contributed by atoms with E-state index in [-0.39, 0.29) is 17.1 Å². The number of sulfonamides is 1. The number of methoxy groups -OCH3 is 1. The van der Waals surface area contributed by atoms with Crippen LogP contribution in [0.25, 0.3) is 0 Å². The molecule has 0 atom stereocenters. The number of non-ortho nitro benzene ring substituents is 1. The average Bonchev–Trinajstić information content (AvgIpc) is 2.36. The Morgan fingerprint density at radius 2 is 2.15 bits per heavy atom. The van der Waals surface area contributed by atoms with Crippen molar-refractivity contribution < 1.29 is 28.0 Å². The number of nitrogens with zero attached hydrogens (tertiary/aromatic N) is 1. The highest BCUT2D eigenvalue weighted by atomic mass is 32.2. The van der Waals surface area contributed by atoms with Gasteiger partial charge in [-0.1, -0.05) is 0 Å². The number of anilines is 1. The minimum atomic E-state index is -3.88. The summed E-state index contributed by atoms with van der Waals surface area (Å²) in [5, 5.41) is 19.0. The first-order valence-corrected chi connectivity index (χ1v) is 6.95. The Bertz CT molecular complexity index is 626. The number of aliphatic carboxylic acids is 1. The monoisotopic (exact) mass is 304 g/mol. The average molecular weight is 304 g/mol. The summed E-state index contributed by atoms with van der Waals surface area (Å²) in [4.78, 5) is 20.3. The Morgan fingerprint density at radius 3 is 2.65 bits per heavy atom. The number of nitro benzene ring substituents is 1. The summed E-state index contributed by atoms with van der Waals surface area (Å²) < 4.78 is 30.2. The molecule has 9 nitrogen and oxygen atoms in total. The van der Waals surface area contributed by atoms with Gasteiger partial charge in [0.25, 0.3) is 5.69 Å². The number of hydrogen-bond acceptors (Lipinski definition) is 6. The molecule has 0 aromatic heterocycles. The van der Waals surface area contributed by atoms with E-state index in [1.54, 1.807) is 0 Å². The van der Waals surface area contributed by atoms with Crippen LogP contribution in [0.4, 0.5) is 11.4 Å². The fourth-order valence-corrected chi connectivity index (χ4v) is 2.37. The van der Waals surface area contributed by atoms with Crippen LogP contribution < -0.4 is 9.46 Å². The van der Waals surface area contributed by atoms with Crippen LogP contribution in [-0.2, 0) is 14.8 Å². The van der Waals surface area contributed by atoms with E-state index < -0.39 is 33.1 Å². The molecule has 0 spiro atoms. The van der Waals surface area contributed by atoms with E-state index in [0.29, 0.717) is 0 Å². The number of ether oxygens (including phenoxy) is 1. The molecule has 0 aliphatic rings. The number of hydrogen-bond donors (Lipinski definition) is 2. The van der Waals surface area contributed by atoms with Crippen molar-refractivity contribution in [2.24, 2.45) is 0 Å². The third kappa shape index (κ3) is 4.39. The highest BCUT2D eigenvalue weighted by Crippen LogP contribution is 2.29. The Labute approximate surface area is 114 Å². The third-order valence-electron chi connectivity index (χ3n) is 2.25. The van der Waals surface area contributed by atoms with Crippen molar-refractivity contribution in [3.63, 3.8) is 0 Å². The zero-order chi connectivity index (χ0) is 15.3. The number of rotatable bonds is 7. The summed E-state index contributed by atoms with van der Waals surface area (Å²) in [6, 6.07) is 3.35. The largest absolute Gasteiger partial charge is 0.494 e. The second-order valence-corrected chi connectivity index (χ2v) is 5.55. The van der Waals surface area contributed by atoms with Crippen molar-refractivity contribution in [3.8, 4) is 5.75 Å². The number of carboxylic acid groups (broad SMARTS) is 1. The zero-order valence-electron chi connectivity index (χ0n) is 10.4. The van der Waals surface area contributed by atoms with Gasteiger partial charge in [-0.25, -0.2) is 8.42 Å². The third-order valence-corrected chi connectivity index (χ3v) is 3.52. The number of nitro groups is 1. The smallest absolute Gasteiger partial charge is 0.304 e. The van der Waals surface area contributed by atoms with E-state index in [2.05, 4.69) is 4.72 Å². The number of carboxylic acids is 1. The zero-order valence-corrected chi connectivity index (χ0v) is 11.2. The molecule has 0 fully saturated rings. The summed E-state index contributed by atoms with van der Waals surface area (Å²) >= 11 is 0. The van der Waals surface area contributed by atoms with Gasteiger partial charge in [-0.2, -0.15) is 0 Å². The van der Waals surface area contributed by atoms with Crippen molar-refractivity contribution in [2.75, 3.05) is 17.6 Å². The number of nitrogens with one attached hydrogen (secondary N) is 1. The predicted octanol–water partition coefficient (Wildman–Crippen LogP) is 0.820. The second kappa shape index (κ2) is 6.19. The fourth-order valence-electron chi connectivity index (χ4n) is 1.32. The van der Waals surface area contributed by atoms with Crippen LogP contribution in [0.15, 0.2) is 18.2 Å². The fraction of sp³-hybridized carbons (Fsp3) is 0.300. The highest BCUT2D eigenvalue weighted by molar-refractivity contribution is 7.92. The summed E-state index contributed by atoms with van der Waals surface area (Å²) in [6.07, 6.45) is -0.551. The molecular formula is C10H12N2O7S. The van der Waals surface area contributed by atoms with Gasteiger partial charge in [0.05, 0.1) is 36.0 Å². The molecule has 1 aromatic rings. The van der Waals surface area contributed by atoms with Gasteiger partial charge < -0.3 is 9.84 Å². The molecule has 0 aliphatic heterocycles. The van der Waals surface area contributed by atoms with Crippen LogP contribution in [0.5, 0.6) is 5.75 Å². The van der Waals surface area contributed by atoms with Gasteiger partial charge in [-0.05, 0) is 6.07 Å². The lowest BCUT2D eigenvalue weighted by molar-refractivity contribution is -0.384.